The van der Waals surface area contributed by atoms with Crippen LogP contribution in [0.3, 0.4) is 0 Å². The molecule has 1 N–H and O–H groups in total. The molecule has 1 unspecified atom stereocenters. The first-order valence-electron chi connectivity index (χ1n) is 10.8. The van der Waals surface area contributed by atoms with E-state index in [1.54, 1.807) is 5.57 Å². The second-order valence-corrected chi connectivity index (χ2v) is 10.2. The molecule has 2 saturated carbocycles. The molecule has 3 aliphatic carbocycles. The molecule has 3 heterocycles. The monoisotopic (exact) mass is 357 g/mol. The molecule has 26 heavy (non-hydrogen) atoms. The lowest BCUT2D eigenvalue weighted by Crippen LogP contribution is -2.73. The van der Waals surface area contributed by atoms with Crippen molar-refractivity contribution in [3.8, 4) is 0 Å². The Morgan fingerprint density at radius 3 is 2.96 bits per heavy atom. The van der Waals surface area contributed by atoms with Gasteiger partial charge in [0.1, 0.15) is 0 Å². The summed E-state index contributed by atoms with van der Waals surface area (Å²) in [5, 5.41) is 11.9. The molecule has 0 aromatic carbocycles. The molecule has 0 aromatic rings. The van der Waals surface area contributed by atoms with Crippen molar-refractivity contribution in [2.75, 3.05) is 19.7 Å². The summed E-state index contributed by atoms with van der Waals surface area (Å²) in [5.74, 6) is 1.58. The Hall–Kier alpha value is -0.870. The molecule has 6 rings (SSSR count). The molecular weight excluding hydrogens is 326 g/mol. The van der Waals surface area contributed by atoms with Crippen LogP contribution in [0.1, 0.15) is 58.3 Å². The van der Waals surface area contributed by atoms with Gasteiger partial charge in [-0.25, -0.2) is 0 Å². The first-order chi connectivity index (χ1) is 12.5. The topological polar surface area (TPSA) is 49.8 Å². The predicted octanol–water partition coefficient (Wildman–Crippen LogP) is 2.90. The summed E-state index contributed by atoms with van der Waals surface area (Å²) in [5.41, 5.74) is 1.04. The summed E-state index contributed by atoms with van der Waals surface area (Å²) in [7, 11) is 0. The third-order valence-corrected chi connectivity index (χ3v) is 9.68. The quantitative estimate of drug-likeness (QED) is 0.535. The van der Waals surface area contributed by atoms with Crippen LogP contribution in [0.5, 0.6) is 0 Å². The Morgan fingerprint density at radius 2 is 2.08 bits per heavy atom. The van der Waals surface area contributed by atoms with Gasteiger partial charge in [-0.2, -0.15) is 0 Å². The van der Waals surface area contributed by atoms with Crippen LogP contribution in [-0.4, -0.2) is 47.3 Å². The normalized spacial score (nSPS) is 55.3. The second-order valence-electron chi connectivity index (χ2n) is 10.2. The average Bonchev–Trinajstić information content (AvgIpc) is 3.13. The lowest BCUT2D eigenvalue weighted by Gasteiger charge is -2.68. The molecule has 0 amide bonds. The average molecular weight is 357 g/mol. The summed E-state index contributed by atoms with van der Waals surface area (Å²) in [4.78, 5) is 15.0. The highest BCUT2D eigenvalue weighted by Gasteiger charge is 2.76. The van der Waals surface area contributed by atoms with Crippen LogP contribution >= 0.6 is 0 Å². The molecule has 142 valence electrons. The minimum absolute atomic E-state index is 0.0179. The van der Waals surface area contributed by atoms with E-state index < -0.39 is 5.60 Å². The molecule has 4 nitrogen and oxygen atoms in total. The van der Waals surface area contributed by atoms with Crippen molar-refractivity contribution in [2.45, 2.75) is 69.9 Å². The highest BCUT2D eigenvalue weighted by atomic mass is 16.5. The van der Waals surface area contributed by atoms with Gasteiger partial charge in [0.25, 0.3) is 0 Å². The number of hydrogen-bond acceptors (Lipinski definition) is 4. The maximum absolute atomic E-state index is 12.4. The SMILES string of the molecule is C[C@H]1CN2C[C@H]3CCC4CCC=C4[C@]45CCC(=O)OC[C@]34CC[C@@]1(O)[C@H]25. The Balaban J connectivity index is 1.65. The van der Waals surface area contributed by atoms with Gasteiger partial charge in [-0.1, -0.05) is 18.6 Å². The summed E-state index contributed by atoms with van der Waals surface area (Å²) < 4.78 is 5.87. The van der Waals surface area contributed by atoms with Crippen molar-refractivity contribution in [1.82, 2.24) is 4.90 Å². The van der Waals surface area contributed by atoms with E-state index in [9.17, 15) is 9.90 Å². The van der Waals surface area contributed by atoms with Crippen LogP contribution in [0.25, 0.3) is 0 Å². The van der Waals surface area contributed by atoms with Crippen LogP contribution in [0.4, 0.5) is 0 Å². The van der Waals surface area contributed by atoms with Gasteiger partial charge < -0.3 is 9.84 Å². The number of nitrogens with zero attached hydrogens (tertiary/aromatic N) is 1. The van der Waals surface area contributed by atoms with E-state index in [-0.39, 0.29) is 22.8 Å². The number of carbonyl (C=O) groups is 1. The van der Waals surface area contributed by atoms with Crippen LogP contribution in [0, 0.1) is 28.6 Å². The van der Waals surface area contributed by atoms with Crippen LogP contribution < -0.4 is 0 Å². The van der Waals surface area contributed by atoms with Gasteiger partial charge >= 0.3 is 5.97 Å². The molecule has 4 heteroatoms. The highest BCUT2D eigenvalue weighted by molar-refractivity contribution is 5.70. The number of esters is 1. The van der Waals surface area contributed by atoms with Gasteiger partial charge in [0.2, 0.25) is 0 Å². The summed E-state index contributed by atoms with van der Waals surface area (Å²) in [6.45, 7) is 4.95. The fourth-order valence-electron chi connectivity index (χ4n) is 8.70. The van der Waals surface area contributed by atoms with Crippen LogP contribution in [0.2, 0.25) is 0 Å². The molecule has 0 aromatic heterocycles. The fraction of sp³-hybridized carbons (Fsp3) is 0.864. The Kier molecular flexibility index (Phi) is 3.06. The van der Waals surface area contributed by atoms with Gasteiger partial charge in [0.05, 0.1) is 12.2 Å². The molecular formula is C22H31NO3. The van der Waals surface area contributed by atoms with Crippen LogP contribution in [-0.2, 0) is 9.53 Å². The minimum atomic E-state index is -0.597. The molecule has 3 saturated heterocycles. The minimum Gasteiger partial charge on any atom is -0.465 e. The zero-order chi connectivity index (χ0) is 17.7. The number of hydrogen-bond donors (Lipinski definition) is 1. The number of carbonyl (C=O) groups excluding carboxylic acids is 1. The first-order valence-corrected chi connectivity index (χ1v) is 10.8. The number of aliphatic hydroxyl groups is 1. The van der Waals surface area contributed by atoms with Crippen molar-refractivity contribution in [1.29, 1.82) is 0 Å². The van der Waals surface area contributed by atoms with Gasteiger partial charge in [0.15, 0.2) is 0 Å². The fourth-order valence-corrected chi connectivity index (χ4v) is 8.70. The zero-order valence-electron chi connectivity index (χ0n) is 15.9. The van der Waals surface area contributed by atoms with Gasteiger partial charge in [-0.05, 0) is 62.7 Å². The Bertz CT molecular complexity index is 704. The number of rotatable bonds is 0. The summed E-state index contributed by atoms with van der Waals surface area (Å²) in [6.07, 6.45) is 10.8. The van der Waals surface area contributed by atoms with E-state index in [0.717, 1.165) is 32.4 Å². The van der Waals surface area contributed by atoms with E-state index >= 15 is 0 Å². The molecule has 3 aliphatic heterocycles. The maximum Gasteiger partial charge on any atom is 0.305 e. The van der Waals surface area contributed by atoms with Crippen LogP contribution in [0.15, 0.2) is 11.6 Å². The van der Waals surface area contributed by atoms with Gasteiger partial charge in [0, 0.05) is 36.4 Å². The zero-order valence-corrected chi connectivity index (χ0v) is 15.9. The lowest BCUT2D eigenvalue weighted by atomic mass is 9.41. The maximum atomic E-state index is 12.4. The molecule has 0 spiro atoms. The number of cyclic esters (lactones) is 1. The first kappa shape index (κ1) is 16.1. The van der Waals surface area contributed by atoms with Gasteiger partial charge in [-0.3, -0.25) is 9.69 Å². The van der Waals surface area contributed by atoms with E-state index in [4.69, 9.17) is 4.74 Å². The summed E-state index contributed by atoms with van der Waals surface area (Å²) >= 11 is 0. The van der Waals surface area contributed by atoms with E-state index in [2.05, 4.69) is 17.9 Å². The number of ether oxygens (including phenoxy) is 1. The largest absolute Gasteiger partial charge is 0.465 e. The van der Waals surface area contributed by atoms with E-state index in [1.165, 1.54) is 25.7 Å². The Labute approximate surface area is 156 Å². The number of piperidine rings is 1. The smallest absolute Gasteiger partial charge is 0.305 e. The Morgan fingerprint density at radius 1 is 1.19 bits per heavy atom. The van der Waals surface area contributed by atoms with E-state index in [1.807, 2.05) is 0 Å². The van der Waals surface area contributed by atoms with Crippen molar-refractivity contribution >= 4 is 5.97 Å². The molecule has 0 radical (unpaired) electrons. The molecule has 6 aliphatic rings. The third-order valence-electron chi connectivity index (χ3n) is 9.68. The third kappa shape index (κ3) is 1.60. The number of fused-ring (bicyclic) bond motifs is 1. The molecule has 7 atom stereocenters. The number of allylic oxidation sites excluding steroid dienone is 1. The standard InChI is InChI=1S/C22H31NO3/c1-14-11-23-12-16-6-5-15-3-2-4-17(15)21-8-7-18(24)26-13-20(16,21)9-10-22(14,25)19(21)23/h4,14-16,19,25H,2-3,5-13H2,1H3/t14-,15?,16+,19+,20+,21-,22-/m0/s1. The van der Waals surface area contributed by atoms with Crippen molar-refractivity contribution in [3.63, 3.8) is 0 Å². The van der Waals surface area contributed by atoms with Crippen molar-refractivity contribution in [2.24, 2.45) is 28.6 Å². The summed E-state index contributed by atoms with van der Waals surface area (Å²) in [6, 6.07) is 0.189. The second kappa shape index (κ2) is 4.94. The van der Waals surface area contributed by atoms with Crippen molar-refractivity contribution < 1.29 is 14.6 Å². The molecule has 5 fully saturated rings. The van der Waals surface area contributed by atoms with Crippen molar-refractivity contribution in [3.05, 3.63) is 11.6 Å². The highest BCUT2D eigenvalue weighted by Crippen LogP contribution is 2.73. The lowest BCUT2D eigenvalue weighted by molar-refractivity contribution is -0.215. The predicted molar refractivity (Wildman–Crippen MR) is 97.3 cm³/mol. The van der Waals surface area contributed by atoms with Gasteiger partial charge in [-0.15, -0.1) is 0 Å². The molecule has 4 bridgehead atoms. The van der Waals surface area contributed by atoms with E-state index in [0.29, 0.717) is 30.8 Å².